The minimum atomic E-state index is -4.58. The lowest BCUT2D eigenvalue weighted by molar-refractivity contribution is -0.141. The molecular formula is C9H8F3NO2. The summed E-state index contributed by atoms with van der Waals surface area (Å²) in [6.45, 7) is 1.17. The summed E-state index contributed by atoms with van der Waals surface area (Å²) in [4.78, 5) is 14.0. The van der Waals surface area contributed by atoms with E-state index in [0.717, 1.165) is 18.3 Å². The molecule has 82 valence electrons. The van der Waals surface area contributed by atoms with Gasteiger partial charge in [-0.15, -0.1) is 0 Å². The van der Waals surface area contributed by atoms with Crippen molar-refractivity contribution >= 4 is 5.97 Å². The number of hydrogen-bond acceptors (Lipinski definition) is 2. The molecule has 0 aliphatic rings. The van der Waals surface area contributed by atoms with Crippen LogP contribution in [0.2, 0.25) is 0 Å². The van der Waals surface area contributed by atoms with E-state index in [1.165, 1.54) is 6.92 Å². The fraction of sp³-hybridized carbons (Fsp3) is 0.333. The predicted molar refractivity (Wildman–Crippen MR) is 45.3 cm³/mol. The van der Waals surface area contributed by atoms with Crippen LogP contribution in [0.3, 0.4) is 0 Å². The summed E-state index contributed by atoms with van der Waals surface area (Å²) in [5, 5.41) is 8.62. The van der Waals surface area contributed by atoms with Crippen LogP contribution in [0.1, 0.15) is 24.1 Å². The number of carboxylic acids is 1. The Morgan fingerprint density at radius 1 is 1.53 bits per heavy atom. The van der Waals surface area contributed by atoms with Gasteiger partial charge in [0.05, 0.1) is 17.2 Å². The second-order valence-electron chi connectivity index (χ2n) is 2.99. The van der Waals surface area contributed by atoms with Gasteiger partial charge in [-0.2, -0.15) is 13.2 Å². The fourth-order valence-corrected chi connectivity index (χ4v) is 1.12. The first-order valence-corrected chi connectivity index (χ1v) is 4.09. The van der Waals surface area contributed by atoms with E-state index in [1.807, 2.05) is 0 Å². The van der Waals surface area contributed by atoms with Crippen LogP contribution in [-0.2, 0) is 11.0 Å². The molecule has 1 aromatic rings. The first-order valence-electron chi connectivity index (χ1n) is 4.09. The number of carboxylic acid groups (broad SMARTS) is 1. The Morgan fingerprint density at radius 3 is 2.60 bits per heavy atom. The van der Waals surface area contributed by atoms with Crippen LogP contribution >= 0.6 is 0 Å². The average Bonchev–Trinajstić information content (AvgIpc) is 2.15. The number of alkyl halides is 3. The van der Waals surface area contributed by atoms with Gasteiger partial charge >= 0.3 is 12.1 Å². The lowest BCUT2D eigenvalue weighted by atomic mass is 10.0. The summed E-state index contributed by atoms with van der Waals surface area (Å²) < 4.78 is 37.3. The molecule has 0 aromatic carbocycles. The minimum Gasteiger partial charge on any atom is -0.481 e. The molecule has 0 fully saturated rings. The molecule has 1 N–H and O–H groups in total. The van der Waals surface area contributed by atoms with Gasteiger partial charge in [-0.1, -0.05) is 0 Å². The van der Waals surface area contributed by atoms with E-state index in [2.05, 4.69) is 4.98 Å². The lowest BCUT2D eigenvalue weighted by Crippen LogP contribution is -2.17. The quantitative estimate of drug-likeness (QED) is 0.830. The third-order valence-corrected chi connectivity index (χ3v) is 1.92. The third kappa shape index (κ3) is 2.45. The molecule has 0 bridgehead atoms. The van der Waals surface area contributed by atoms with Crippen LogP contribution in [0.15, 0.2) is 18.3 Å². The minimum absolute atomic E-state index is 0.461. The van der Waals surface area contributed by atoms with E-state index in [9.17, 15) is 18.0 Å². The number of hydrogen-bond donors (Lipinski definition) is 1. The highest BCUT2D eigenvalue weighted by Crippen LogP contribution is 2.33. The first kappa shape index (κ1) is 11.5. The Kier molecular flexibility index (Phi) is 2.97. The zero-order valence-electron chi connectivity index (χ0n) is 7.75. The van der Waals surface area contributed by atoms with Crippen LogP contribution in [0.25, 0.3) is 0 Å². The topological polar surface area (TPSA) is 50.2 Å². The van der Waals surface area contributed by atoms with E-state index in [-0.39, 0.29) is 0 Å². The predicted octanol–water partition coefficient (Wildman–Crippen LogP) is 2.29. The van der Waals surface area contributed by atoms with Gasteiger partial charge in [0.15, 0.2) is 0 Å². The maximum Gasteiger partial charge on any atom is 0.418 e. The van der Waals surface area contributed by atoms with Crippen molar-refractivity contribution in [3.05, 3.63) is 29.6 Å². The van der Waals surface area contributed by atoms with Crippen LogP contribution < -0.4 is 0 Å². The van der Waals surface area contributed by atoms with E-state index < -0.39 is 29.3 Å². The molecule has 0 aliphatic heterocycles. The van der Waals surface area contributed by atoms with E-state index in [0.29, 0.717) is 0 Å². The van der Waals surface area contributed by atoms with Crippen molar-refractivity contribution in [3.63, 3.8) is 0 Å². The molecule has 0 radical (unpaired) electrons. The second-order valence-corrected chi connectivity index (χ2v) is 2.99. The first-order chi connectivity index (χ1) is 6.84. The van der Waals surface area contributed by atoms with Crippen molar-refractivity contribution in [2.24, 2.45) is 0 Å². The van der Waals surface area contributed by atoms with Gasteiger partial charge in [0, 0.05) is 6.20 Å². The van der Waals surface area contributed by atoms with Gasteiger partial charge in [0.1, 0.15) is 0 Å². The maximum absolute atomic E-state index is 12.4. The number of pyridine rings is 1. The molecule has 0 saturated heterocycles. The van der Waals surface area contributed by atoms with Crippen molar-refractivity contribution in [1.82, 2.24) is 4.98 Å². The number of aromatic nitrogens is 1. The molecule has 1 aromatic heterocycles. The third-order valence-electron chi connectivity index (χ3n) is 1.92. The van der Waals surface area contributed by atoms with Crippen molar-refractivity contribution in [1.29, 1.82) is 0 Å². The van der Waals surface area contributed by atoms with E-state index >= 15 is 0 Å². The van der Waals surface area contributed by atoms with Crippen molar-refractivity contribution in [2.45, 2.75) is 19.0 Å². The molecule has 1 atom stereocenters. The highest BCUT2D eigenvalue weighted by molar-refractivity contribution is 5.75. The van der Waals surface area contributed by atoms with Crippen LogP contribution in [-0.4, -0.2) is 16.1 Å². The molecule has 6 heteroatoms. The van der Waals surface area contributed by atoms with Gasteiger partial charge in [0.2, 0.25) is 0 Å². The zero-order valence-corrected chi connectivity index (χ0v) is 7.75. The van der Waals surface area contributed by atoms with E-state index in [4.69, 9.17) is 5.11 Å². The second kappa shape index (κ2) is 3.88. The molecule has 0 saturated carbocycles. The Labute approximate surface area is 83.6 Å². The summed E-state index contributed by atoms with van der Waals surface area (Å²) >= 11 is 0. The largest absolute Gasteiger partial charge is 0.481 e. The standard InChI is InChI=1S/C9H8F3NO2/c1-5(8(14)15)7-6(9(10,11)12)3-2-4-13-7/h2-5H,1H3,(H,14,15)/t5-/m1/s1. The number of nitrogens with zero attached hydrogens (tertiary/aromatic N) is 1. The van der Waals surface area contributed by atoms with Crippen molar-refractivity contribution in [2.75, 3.05) is 0 Å². The SMILES string of the molecule is C[C@@H](C(=O)O)c1ncccc1C(F)(F)F. The molecule has 1 rings (SSSR count). The summed E-state index contributed by atoms with van der Waals surface area (Å²) in [7, 11) is 0. The average molecular weight is 219 g/mol. The van der Waals surface area contributed by atoms with Crippen molar-refractivity contribution in [3.8, 4) is 0 Å². The van der Waals surface area contributed by atoms with Crippen LogP contribution in [0.5, 0.6) is 0 Å². The normalized spacial score (nSPS) is 13.6. The molecule has 3 nitrogen and oxygen atoms in total. The highest BCUT2D eigenvalue weighted by atomic mass is 19.4. The molecule has 0 amide bonds. The molecule has 0 unspecified atom stereocenters. The van der Waals surface area contributed by atoms with Gasteiger partial charge in [-0.05, 0) is 19.1 Å². The highest BCUT2D eigenvalue weighted by Gasteiger charge is 2.36. The Morgan fingerprint density at radius 2 is 2.13 bits per heavy atom. The molecular weight excluding hydrogens is 211 g/mol. The number of aliphatic carboxylic acids is 1. The van der Waals surface area contributed by atoms with Gasteiger partial charge in [-0.25, -0.2) is 0 Å². The lowest BCUT2D eigenvalue weighted by Gasteiger charge is -2.13. The molecule has 1 heterocycles. The van der Waals surface area contributed by atoms with E-state index in [1.54, 1.807) is 0 Å². The number of rotatable bonds is 2. The van der Waals surface area contributed by atoms with Gasteiger partial charge in [-0.3, -0.25) is 9.78 Å². The summed E-state index contributed by atoms with van der Waals surface area (Å²) in [6.07, 6.45) is -3.43. The smallest absolute Gasteiger partial charge is 0.418 e. The maximum atomic E-state index is 12.4. The zero-order chi connectivity index (χ0) is 11.6. The van der Waals surface area contributed by atoms with Crippen LogP contribution in [0.4, 0.5) is 13.2 Å². The van der Waals surface area contributed by atoms with Gasteiger partial charge < -0.3 is 5.11 Å². The Hall–Kier alpha value is -1.59. The summed E-state index contributed by atoms with van der Waals surface area (Å²) in [5.74, 6) is -2.61. The molecule has 0 spiro atoms. The molecule has 0 aliphatic carbocycles. The van der Waals surface area contributed by atoms with Gasteiger partial charge in [0.25, 0.3) is 0 Å². The summed E-state index contributed by atoms with van der Waals surface area (Å²) in [6, 6.07) is 1.95. The molecule has 15 heavy (non-hydrogen) atoms. The fourth-order valence-electron chi connectivity index (χ4n) is 1.12. The summed E-state index contributed by atoms with van der Waals surface area (Å²) in [5.41, 5.74) is -1.46. The number of carbonyl (C=O) groups is 1. The monoisotopic (exact) mass is 219 g/mol. The van der Waals surface area contributed by atoms with Crippen LogP contribution in [0, 0.1) is 0 Å². The Balaban J connectivity index is 3.24. The van der Waals surface area contributed by atoms with Crippen molar-refractivity contribution < 1.29 is 23.1 Å². The number of halogens is 3. The Bertz CT molecular complexity index is 376.